The minimum Gasteiger partial charge on any atom is -0.376 e. The van der Waals surface area contributed by atoms with Crippen LogP contribution in [0, 0.1) is 23.5 Å². The van der Waals surface area contributed by atoms with Crippen LogP contribution < -0.4 is 5.32 Å². The molecule has 1 amide bonds. The highest BCUT2D eigenvalue weighted by molar-refractivity contribution is 5.83. The van der Waals surface area contributed by atoms with Gasteiger partial charge in [-0.1, -0.05) is 13.0 Å². The molecule has 0 spiro atoms. The Bertz CT molecular complexity index is 591. The van der Waals surface area contributed by atoms with Crippen LogP contribution in [0.3, 0.4) is 0 Å². The first-order valence-corrected chi connectivity index (χ1v) is 8.72. The van der Waals surface area contributed by atoms with Gasteiger partial charge >= 0.3 is 0 Å². The molecule has 3 rings (SSSR count). The number of halogens is 2. The second-order valence-corrected chi connectivity index (χ2v) is 7.37. The van der Waals surface area contributed by atoms with Gasteiger partial charge in [-0.25, -0.2) is 8.78 Å². The SMILES string of the molecule is COC1(CNC(=O)[C@H]2C[C@@H]2c2c(F)cccc2F)CCC(C)CC1. The van der Waals surface area contributed by atoms with E-state index in [1.807, 2.05) is 0 Å². The lowest BCUT2D eigenvalue weighted by Gasteiger charge is -2.38. The molecule has 1 aromatic carbocycles. The zero-order chi connectivity index (χ0) is 17.3. The third-order valence-electron chi connectivity index (χ3n) is 5.70. The van der Waals surface area contributed by atoms with Gasteiger partial charge in [0, 0.05) is 31.1 Å². The number of methoxy groups -OCH3 is 1. The van der Waals surface area contributed by atoms with E-state index < -0.39 is 11.6 Å². The van der Waals surface area contributed by atoms with Crippen LogP contribution >= 0.6 is 0 Å². The van der Waals surface area contributed by atoms with Gasteiger partial charge in [-0.2, -0.15) is 0 Å². The highest BCUT2D eigenvalue weighted by Gasteiger charge is 2.47. The maximum absolute atomic E-state index is 13.8. The van der Waals surface area contributed by atoms with E-state index in [-0.39, 0.29) is 28.9 Å². The van der Waals surface area contributed by atoms with Gasteiger partial charge in [0.05, 0.1) is 5.60 Å². The average Bonchev–Trinajstić information content (AvgIpc) is 3.35. The molecular weight excluding hydrogens is 312 g/mol. The zero-order valence-electron chi connectivity index (χ0n) is 14.3. The molecule has 2 aliphatic carbocycles. The lowest BCUT2D eigenvalue weighted by atomic mass is 9.79. The monoisotopic (exact) mass is 337 g/mol. The maximum Gasteiger partial charge on any atom is 0.223 e. The normalized spacial score (nSPS) is 32.4. The third kappa shape index (κ3) is 3.46. The number of rotatable bonds is 5. The maximum atomic E-state index is 13.8. The predicted octanol–water partition coefficient (Wildman–Crippen LogP) is 3.78. The standard InChI is InChI=1S/C19H25F2NO2/c1-12-6-8-19(24-2,9-7-12)11-22-18(23)14-10-13(14)17-15(20)4-3-5-16(17)21/h3-5,12-14H,6-11H2,1-2H3,(H,22,23)/t12?,13-,14-,19?/m0/s1. The fraction of sp³-hybridized carbons (Fsp3) is 0.632. The van der Waals surface area contributed by atoms with Gasteiger partial charge in [0.15, 0.2) is 0 Å². The minimum atomic E-state index is -0.565. The smallest absolute Gasteiger partial charge is 0.223 e. The van der Waals surface area contributed by atoms with Crippen LogP contribution in [0.4, 0.5) is 8.78 Å². The predicted molar refractivity (Wildman–Crippen MR) is 87.6 cm³/mol. The molecule has 132 valence electrons. The summed E-state index contributed by atoms with van der Waals surface area (Å²) in [4.78, 5) is 12.4. The van der Waals surface area contributed by atoms with E-state index in [1.165, 1.54) is 18.2 Å². The summed E-state index contributed by atoms with van der Waals surface area (Å²) in [7, 11) is 1.69. The van der Waals surface area contributed by atoms with Crippen LogP contribution in [0.25, 0.3) is 0 Å². The van der Waals surface area contributed by atoms with Crippen molar-refractivity contribution in [2.45, 2.75) is 50.5 Å². The summed E-state index contributed by atoms with van der Waals surface area (Å²) in [6.45, 7) is 2.70. The van der Waals surface area contributed by atoms with Crippen molar-refractivity contribution in [3.05, 3.63) is 35.4 Å². The van der Waals surface area contributed by atoms with E-state index >= 15 is 0 Å². The number of carbonyl (C=O) groups is 1. The van der Waals surface area contributed by atoms with E-state index in [2.05, 4.69) is 12.2 Å². The quantitative estimate of drug-likeness (QED) is 0.888. The Kier molecular flexibility index (Phi) is 4.90. The van der Waals surface area contributed by atoms with Crippen LogP contribution in [0.2, 0.25) is 0 Å². The van der Waals surface area contributed by atoms with Crippen LogP contribution in [-0.2, 0) is 9.53 Å². The Labute approximate surface area is 141 Å². The molecular formula is C19H25F2NO2. The molecule has 0 unspecified atom stereocenters. The van der Waals surface area contributed by atoms with Crippen molar-refractivity contribution in [3.63, 3.8) is 0 Å². The molecule has 0 bridgehead atoms. The Hall–Kier alpha value is -1.49. The van der Waals surface area contributed by atoms with Gasteiger partial charge < -0.3 is 10.1 Å². The average molecular weight is 337 g/mol. The molecule has 0 heterocycles. The van der Waals surface area contributed by atoms with Gasteiger partial charge in [-0.3, -0.25) is 4.79 Å². The van der Waals surface area contributed by atoms with E-state index in [9.17, 15) is 13.6 Å². The van der Waals surface area contributed by atoms with Crippen molar-refractivity contribution in [1.29, 1.82) is 0 Å². The first-order valence-electron chi connectivity index (χ1n) is 8.72. The zero-order valence-corrected chi connectivity index (χ0v) is 14.3. The number of benzene rings is 1. The highest BCUT2D eigenvalue weighted by atomic mass is 19.1. The molecule has 24 heavy (non-hydrogen) atoms. The molecule has 1 aromatic rings. The summed E-state index contributed by atoms with van der Waals surface area (Å²) in [5.41, 5.74) is -0.249. The van der Waals surface area contributed by atoms with Crippen molar-refractivity contribution in [2.75, 3.05) is 13.7 Å². The van der Waals surface area contributed by atoms with E-state index in [1.54, 1.807) is 7.11 Å². The highest BCUT2D eigenvalue weighted by Crippen LogP contribution is 2.49. The van der Waals surface area contributed by atoms with Crippen LogP contribution in [0.15, 0.2) is 18.2 Å². The second kappa shape index (κ2) is 6.79. The molecule has 0 radical (unpaired) electrons. The fourth-order valence-electron chi connectivity index (χ4n) is 3.79. The second-order valence-electron chi connectivity index (χ2n) is 7.37. The lowest BCUT2D eigenvalue weighted by Crippen LogP contribution is -2.47. The summed E-state index contributed by atoms with van der Waals surface area (Å²) in [6, 6.07) is 3.83. The number of hydrogen-bond acceptors (Lipinski definition) is 2. The van der Waals surface area contributed by atoms with Gasteiger partial charge in [0.1, 0.15) is 11.6 Å². The minimum absolute atomic E-state index is 0.0468. The van der Waals surface area contributed by atoms with Crippen molar-refractivity contribution < 1.29 is 18.3 Å². The summed E-state index contributed by atoms with van der Waals surface area (Å²) in [5, 5.41) is 2.95. The topological polar surface area (TPSA) is 38.3 Å². The van der Waals surface area contributed by atoms with E-state index in [4.69, 9.17) is 4.74 Å². The van der Waals surface area contributed by atoms with Crippen molar-refractivity contribution in [1.82, 2.24) is 5.32 Å². The molecule has 1 N–H and O–H groups in total. The van der Waals surface area contributed by atoms with E-state index in [0.29, 0.717) is 18.9 Å². The third-order valence-corrected chi connectivity index (χ3v) is 5.70. The summed E-state index contributed by atoms with van der Waals surface area (Å²) in [6.07, 6.45) is 4.55. The first-order chi connectivity index (χ1) is 11.5. The number of amides is 1. The molecule has 2 atom stereocenters. The lowest BCUT2D eigenvalue weighted by molar-refractivity contribution is -0.124. The molecule has 0 aromatic heterocycles. The Morgan fingerprint density at radius 2 is 1.92 bits per heavy atom. The largest absolute Gasteiger partial charge is 0.376 e. The van der Waals surface area contributed by atoms with Crippen LogP contribution in [0.5, 0.6) is 0 Å². The molecule has 3 nitrogen and oxygen atoms in total. The van der Waals surface area contributed by atoms with Gasteiger partial charge in [-0.15, -0.1) is 0 Å². The number of carbonyl (C=O) groups excluding carboxylic acids is 1. The molecule has 2 fully saturated rings. The molecule has 0 saturated heterocycles. The molecule has 2 aliphatic rings. The Balaban J connectivity index is 1.57. The molecule has 0 aliphatic heterocycles. The van der Waals surface area contributed by atoms with Crippen LogP contribution in [-0.4, -0.2) is 25.2 Å². The number of ether oxygens (including phenoxy) is 1. The Morgan fingerprint density at radius 1 is 1.29 bits per heavy atom. The Morgan fingerprint density at radius 3 is 2.50 bits per heavy atom. The van der Waals surface area contributed by atoms with Gasteiger partial charge in [-0.05, 0) is 50.2 Å². The van der Waals surface area contributed by atoms with Crippen molar-refractivity contribution >= 4 is 5.91 Å². The number of nitrogens with one attached hydrogen (secondary N) is 1. The fourth-order valence-corrected chi connectivity index (χ4v) is 3.79. The first kappa shape index (κ1) is 17.3. The van der Waals surface area contributed by atoms with E-state index in [0.717, 1.165) is 25.7 Å². The summed E-state index contributed by atoms with van der Waals surface area (Å²) < 4.78 is 33.3. The van der Waals surface area contributed by atoms with Crippen LogP contribution in [0.1, 0.15) is 50.5 Å². The summed E-state index contributed by atoms with van der Waals surface area (Å²) >= 11 is 0. The number of hydrogen-bond donors (Lipinski definition) is 1. The summed E-state index contributed by atoms with van der Waals surface area (Å²) in [5.74, 6) is -1.25. The van der Waals surface area contributed by atoms with Crippen molar-refractivity contribution in [2.24, 2.45) is 11.8 Å². The van der Waals surface area contributed by atoms with Gasteiger partial charge in [0.2, 0.25) is 5.91 Å². The molecule has 5 heteroatoms. The van der Waals surface area contributed by atoms with Gasteiger partial charge in [0.25, 0.3) is 0 Å². The molecule has 2 saturated carbocycles. The van der Waals surface area contributed by atoms with Crippen molar-refractivity contribution in [3.8, 4) is 0 Å².